The van der Waals surface area contributed by atoms with Gasteiger partial charge in [-0.2, -0.15) is 0 Å². The summed E-state index contributed by atoms with van der Waals surface area (Å²) in [5, 5.41) is 8.75. The number of rotatable bonds is 26. The van der Waals surface area contributed by atoms with Crippen LogP contribution in [0.5, 0.6) is 0 Å². The molecule has 0 amide bonds. The van der Waals surface area contributed by atoms with E-state index in [4.69, 9.17) is 9.84 Å². The Bertz CT molecular complexity index is 392. The van der Waals surface area contributed by atoms with Crippen molar-refractivity contribution in [3.05, 3.63) is 12.2 Å². The van der Waals surface area contributed by atoms with Crippen LogP contribution in [0.4, 0.5) is 0 Å². The first kappa shape index (κ1) is 31.2. The molecular formula is C29H56O3. The minimum absolute atomic E-state index is 0.000202. The largest absolute Gasteiger partial charge is 0.466 e. The molecule has 0 aromatic rings. The average Bonchev–Trinajstić information content (AvgIpc) is 2.80. The highest BCUT2D eigenvalue weighted by molar-refractivity contribution is 5.69. The molecule has 190 valence electrons. The molecule has 0 fully saturated rings. The number of carbonyl (C=O) groups is 1. The minimum atomic E-state index is 0.000202. The van der Waals surface area contributed by atoms with Gasteiger partial charge in [0.25, 0.3) is 0 Å². The summed E-state index contributed by atoms with van der Waals surface area (Å²) in [6, 6.07) is 0. The number of carbonyl (C=O) groups excluding carboxylic acids is 1. The predicted molar refractivity (Wildman–Crippen MR) is 139 cm³/mol. The smallest absolute Gasteiger partial charge is 0.305 e. The van der Waals surface area contributed by atoms with Gasteiger partial charge in [0.1, 0.15) is 0 Å². The maximum atomic E-state index is 11.8. The Morgan fingerprint density at radius 3 is 1.56 bits per heavy atom. The Balaban J connectivity index is 3.17. The summed E-state index contributed by atoms with van der Waals surface area (Å²) in [6.07, 6.45) is 32.6. The number of unbranched alkanes of at least 4 members (excludes halogenated alkanes) is 19. The van der Waals surface area contributed by atoms with E-state index in [1.807, 2.05) is 0 Å². The van der Waals surface area contributed by atoms with Gasteiger partial charge >= 0.3 is 5.97 Å². The highest BCUT2D eigenvalue weighted by atomic mass is 16.5. The van der Waals surface area contributed by atoms with Crippen LogP contribution in [0.25, 0.3) is 0 Å². The number of hydrogen-bond donors (Lipinski definition) is 1. The summed E-state index contributed by atoms with van der Waals surface area (Å²) < 4.78 is 5.38. The lowest BCUT2D eigenvalue weighted by Crippen LogP contribution is -2.05. The molecule has 0 aliphatic carbocycles. The maximum Gasteiger partial charge on any atom is 0.305 e. The molecule has 0 aromatic carbocycles. The van der Waals surface area contributed by atoms with Crippen molar-refractivity contribution in [1.82, 2.24) is 0 Å². The second-order valence-electron chi connectivity index (χ2n) is 9.46. The molecule has 0 atom stereocenters. The van der Waals surface area contributed by atoms with Crippen LogP contribution in [-0.4, -0.2) is 24.3 Å². The van der Waals surface area contributed by atoms with E-state index in [0.717, 1.165) is 25.7 Å². The lowest BCUT2D eigenvalue weighted by atomic mass is 10.0. The Hall–Kier alpha value is -0.830. The Kier molecular flexibility index (Phi) is 27.5. The van der Waals surface area contributed by atoms with Crippen LogP contribution in [0.2, 0.25) is 0 Å². The highest BCUT2D eigenvalue weighted by Gasteiger charge is 2.02. The molecule has 1 N–H and O–H groups in total. The van der Waals surface area contributed by atoms with Crippen molar-refractivity contribution in [1.29, 1.82) is 0 Å². The van der Waals surface area contributed by atoms with Gasteiger partial charge < -0.3 is 9.84 Å². The van der Waals surface area contributed by atoms with Gasteiger partial charge in [-0.1, -0.05) is 122 Å². The van der Waals surface area contributed by atoms with Gasteiger partial charge in [0.15, 0.2) is 0 Å². The average molecular weight is 453 g/mol. The van der Waals surface area contributed by atoms with Crippen LogP contribution in [0, 0.1) is 0 Å². The third-order valence-electron chi connectivity index (χ3n) is 6.21. The predicted octanol–water partition coefficient (Wildman–Crippen LogP) is 9.07. The van der Waals surface area contributed by atoms with Crippen molar-refractivity contribution < 1.29 is 14.6 Å². The number of aliphatic hydroxyl groups is 1. The minimum Gasteiger partial charge on any atom is -0.466 e. The van der Waals surface area contributed by atoms with Crippen LogP contribution < -0.4 is 0 Å². The number of esters is 1. The van der Waals surface area contributed by atoms with Gasteiger partial charge in [-0.25, -0.2) is 0 Å². The van der Waals surface area contributed by atoms with E-state index in [2.05, 4.69) is 19.1 Å². The van der Waals surface area contributed by atoms with Crippen molar-refractivity contribution in [3.63, 3.8) is 0 Å². The fourth-order valence-corrected chi connectivity index (χ4v) is 4.04. The molecular weight excluding hydrogens is 396 g/mol. The van der Waals surface area contributed by atoms with Gasteiger partial charge in [0.05, 0.1) is 6.61 Å². The molecule has 0 heterocycles. The van der Waals surface area contributed by atoms with Crippen molar-refractivity contribution >= 4 is 5.97 Å². The fraction of sp³-hybridized carbons (Fsp3) is 0.897. The van der Waals surface area contributed by atoms with E-state index in [1.165, 1.54) is 116 Å². The second-order valence-corrected chi connectivity index (χ2v) is 9.46. The summed E-state index contributed by atoms with van der Waals surface area (Å²) in [7, 11) is 0. The lowest BCUT2D eigenvalue weighted by molar-refractivity contribution is -0.143. The first-order valence-corrected chi connectivity index (χ1v) is 14.2. The normalized spacial score (nSPS) is 11.4. The van der Waals surface area contributed by atoms with Gasteiger partial charge in [0.2, 0.25) is 0 Å². The molecule has 0 spiro atoms. The van der Waals surface area contributed by atoms with E-state index in [-0.39, 0.29) is 5.97 Å². The number of ether oxygens (including phenoxy) is 1. The molecule has 0 rings (SSSR count). The van der Waals surface area contributed by atoms with Gasteiger partial charge in [-0.3, -0.25) is 4.79 Å². The second kappa shape index (κ2) is 28.2. The third-order valence-corrected chi connectivity index (χ3v) is 6.21. The van der Waals surface area contributed by atoms with Crippen LogP contribution in [-0.2, 0) is 9.53 Å². The molecule has 0 aliphatic rings. The van der Waals surface area contributed by atoms with E-state index < -0.39 is 0 Å². The molecule has 0 radical (unpaired) electrons. The summed E-state index contributed by atoms with van der Waals surface area (Å²) in [5.41, 5.74) is 0. The van der Waals surface area contributed by atoms with Crippen molar-refractivity contribution in [2.75, 3.05) is 13.2 Å². The summed E-state index contributed by atoms with van der Waals surface area (Å²) in [6.45, 7) is 3.19. The van der Waals surface area contributed by atoms with Crippen LogP contribution >= 0.6 is 0 Å². The molecule has 3 heteroatoms. The topological polar surface area (TPSA) is 46.5 Å². The lowest BCUT2D eigenvalue weighted by Gasteiger charge is -2.05. The zero-order chi connectivity index (χ0) is 23.4. The number of hydrogen-bond acceptors (Lipinski definition) is 3. The molecule has 0 bridgehead atoms. The van der Waals surface area contributed by atoms with Crippen LogP contribution in [0.1, 0.15) is 155 Å². The first-order valence-electron chi connectivity index (χ1n) is 14.2. The van der Waals surface area contributed by atoms with Crippen molar-refractivity contribution in [2.24, 2.45) is 0 Å². The summed E-state index contributed by atoms with van der Waals surface area (Å²) in [4.78, 5) is 11.8. The Morgan fingerprint density at radius 2 is 1.03 bits per heavy atom. The molecule has 0 aliphatic heterocycles. The first-order chi connectivity index (χ1) is 15.8. The number of allylic oxidation sites excluding steroid dienone is 2. The molecule has 0 saturated carbocycles. The number of aliphatic hydroxyl groups excluding tert-OH is 1. The van der Waals surface area contributed by atoms with Crippen LogP contribution in [0.15, 0.2) is 12.2 Å². The van der Waals surface area contributed by atoms with E-state index in [1.54, 1.807) is 0 Å². The Labute approximate surface area is 200 Å². The maximum absolute atomic E-state index is 11.8. The van der Waals surface area contributed by atoms with E-state index in [9.17, 15) is 4.79 Å². The van der Waals surface area contributed by atoms with E-state index >= 15 is 0 Å². The quantitative estimate of drug-likeness (QED) is 0.0808. The standard InChI is InChI=1S/C29H56O3/c1-2-3-4-5-6-7-11-14-17-20-23-26-29(31)32-28-25-22-19-16-13-10-8-9-12-15-18-21-24-27-30/h5-6,30H,2-4,7-28H2,1H3. The molecule has 0 saturated heterocycles. The van der Waals surface area contributed by atoms with Crippen molar-refractivity contribution in [2.45, 2.75) is 155 Å². The van der Waals surface area contributed by atoms with Crippen LogP contribution in [0.3, 0.4) is 0 Å². The highest BCUT2D eigenvalue weighted by Crippen LogP contribution is 2.13. The zero-order valence-electron chi connectivity index (χ0n) is 21.6. The van der Waals surface area contributed by atoms with Crippen molar-refractivity contribution in [3.8, 4) is 0 Å². The summed E-state index contributed by atoms with van der Waals surface area (Å²) >= 11 is 0. The summed E-state index contributed by atoms with van der Waals surface area (Å²) in [5.74, 6) is 0.000202. The molecule has 0 unspecified atom stereocenters. The molecule has 32 heavy (non-hydrogen) atoms. The third kappa shape index (κ3) is 27.2. The Morgan fingerprint density at radius 1 is 0.594 bits per heavy atom. The van der Waals surface area contributed by atoms with Gasteiger partial charge in [-0.05, 0) is 38.5 Å². The van der Waals surface area contributed by atoms with E-state index in [0.29, 0.717) is 19.6 Å². The molecule has 0 aromatic heterocycles. The molecule has 3 nitrogen and oxygen atoms in total. The SMILES string of the molecule is CCCCC=CCCCCCCCC(=O)OCCCCCCCCCCCCCCCO. The monoisotopic (exact) mass is 452 g/mol. The van der Waals surface area contributed by atoms with Gasteiger partial charge in [-0.15, -0.1) is 0 Å². The zero-order valence-corrected chi connectivity index (χ0v) is 21.6. The fourth-order valence-electron chi connectivity index (χ4n) is 4.04. The van der Waals surface area contributed by atoms with Gasteiger partial charge in [0, 0.05) is 13.0 Å².